The lowest BCUT2D eigenvalue weighted by atomic mass is 10.3. The van der Waals surface area contributed by atoms with E-state index in [1.807, 2.05) is 6.92 Å². The van der Waals surface area contributed by atoms with E-state index in [9.17, 15) is 13.2 Å². The monoisotopic (exact) mass is 478 g/mol. The van der Waals surface area contributed by atoms with E-state index >= 15 is 0 Å². The summed E-state index contributed by atoms with van der Waals surface area (Å²) in [5.41, 5.74) is 1.24. The van der Waals surface area contributed by atoms with Crippen molar-refractivity contribution >= 4 is 48.7 Å². The van der Waals surface area contributed by atoms with Gasteiger partial charge < -0.3 is 5.32 Å². The molecule has 2 aromatic carbocycles. The lowest BCUT2D eigenvalue weighted by molar-refractivity contribution is 0.103. The summed E-state index contributed by atoms with van der Waals surface area (Å²) >= 11 is 4.69. The van der Waals surface area contributed by atoms with Crippen molar-refractivity contribution in [3.05, 3.63) is 68.6 Å². The molecule has 0 aliphatic carbocycles. The number of rotatable bonds is 6. The standard InChI is InChI=1S/C20H19BrN2O3S2/c1-3-4-18-22-13(2)19(27-18)20(24)23-15-7-11-17(12-8-15)28(25,26)16-9-5-14(21)6-10-16/h5-12H,3-4H2,1-2H3,(H,23,24). The lowest BCUT2D eigenvalue weighted by Crippen LogP contribution is -2.11. The first kappa shape index (κ1) is 20.7. The van der Waals surface area contributed by atoms with Crippen LogP contribution in [-0.4, -0.2) is 19.3 Å². The van der Waals surface area contributed by atoms with Crippen LogP contribution < -0.4 is 5.32 Å². The zero-order valence-electron chi connectivity index (χ0n) is 15.4. The lowest BCUT2D eigenvalue weighted by Gasteiger charge is -2.07. The van der Waals surface area contributed by atoms with E-state index in [1.54, 1.807) is 36.4 Å². The number of halogens is 1. The normalized spacial score (nSPS) is 11.4. The molecule has 1 N–H and O–H groups in total. The van der Waals surface area contributed by atoms with Gasteiger partial charge in [-0.25, -0.2) is 13.4 Å². The highest BCUT2D eigenvalue weighted by molar-refractivity contribution is 9.10. The van der Waals surface area contributed by atoms with Gasteiger partial charge in [-0.1, -0.05) is 22.9 Å². The fourth-order valence-electron chi connectivity index (χ4n) is 2.64. The highest BCUT2D eigenvalue weighted by Crippen LogP contribution is 2.25. The van der Waals surface area contributed by atoms with Gasteiger partial charge in [0.15, 0.2) is 0 Å². The van der Waals surface area contributed by atoms with E-state index in [1.165, 1.54) is 23.5 Å². The molecule has 0 bridgehead atoms. The maximum Gasteiger partial charge on any atom is 0.267 e. The molecule has 28 heavy (non-hydrogen) atoms. The van der Waals surface area contributed by atoms with Crippen LogP contribution in [-0.2, 0) is 16.3 Å². The first-order valence-electron chi connectivity index (χ1n) is 8.69. The van der Waals surface area contributed by atoms with Crippen LogP contribution in [0.15, 0.2) is 62.8 Å². The Kier molecular flexibility index (Phi) is 6.32. The smallest absolute Gasteiger partial charge is 0.267 e. The Morgan fingerprint density at radius 2 is 1.64 bits per heavy atom. The van der Waals surface area contributed by atoms with Crippen LogP contribution in [0.1, 0.15) is 33.7 Å². The van der Waals surface area contributed by atoms with Gasteiger partial charge in [-0.05, 0) is 68.3 Å². The van der Waals surface area contributed by atoms with Gasteiger partial charge in [0.1, 0.15) is 4.88 Å². The second kappa shape index (κ2) is 8.55. The molecule has 0 spiro atoms. The highest BCUT2D eigenvalue weighted by atomic mass is 79.9. The quantitative estimate of drug-likeness (QED) is 0.524. The average Bonchev–Trinajstić information content (AvgIpc) is 3.03. The van der Waals surface area contributed by atoms with Crippen LogP contribution in [0.5, 0.6) is 0 Å². The topological polar surface area (TPSA) is 76.1 Å². The fraction of sp³-hybridized carbons (Fsp3) is 0.200. The van der Waals surface area contributed by atoms with E-state index in [2.05, 4.69) is 33.2 Å². The second-order valence-corrected chi connectivity index (χ2v) is 10.2. The third kappa shape index (κ3) is 4.51. The molecular weight excluding hydrogens is 460 g/mol. The maximum atomic E-state index is 12.7. The summed E-state index contributed by atoms with van der Waals surface area (Å²) in [6.45, 7) is 3.89. The van der Waals surface area contributed by atoms with Crippen molar-refractivity contribution in [2.75, 3.05) is 5.32 Å². The number of sulfone groups is 1. The number of benzene rings is 2. The Morgan fingerprint density at radius 3 is 2.21 bits per heavy atom. The number of nitrogens with zero attached hydrogens (tertiary/aromatic N) is 1. The minimum Gasteiger partial charge on any atom is -0.321 e. The van der Waals surface area contributed by atoms with E-state index < -0.39 is 9.84 Å². The highest BCUT2D eigenvalue weighted by Gasteiger charge is 2.18. The van der Waals surface area contributed by atoms with Crippen LogP contribution in [0.25, 0.3) is 0 Å². The minimum atomic E-state index is -3.60. The predicted molar refractivity (Wildman–Crippen MR) is 115 cm³/mol. The summed E-state index contributed by atoms with van der Waals surface area (Å²) in [5.74, 6) is -0.235. The van der Waals surface area contributed by atoms with E-state index in [4.69, 9.17) is 0 Å². The molecule has 0 saturated heterocycles. The first-order valence-corrected chi connectivity index (χ1v) is 11.8. The van der Waals surface area contributed by atoms with Gasteiger partial charge in [-0.15, -0.1) is 11.3 Å². The van der Waals surface area contributed by atoms with E-state index in [0.29, 0.717) is 16.3 Å². The van der Waals surface area contributed by atoms with Gasteiger partial charge >= 0.3 is 0 Å². The summed E-state index contributed by atoms with van der Waals surface area (Å²) in [5, 5.41) is 3.76. The van der Waals surface area contributed by atoms with Crippen molar-refractivity contribution in [2.24, 2.45) is 0 Å². The van der Waals surface area contributed by atoms with Gasteiger partial charge in [0, 0.05) is 10.2 Å². The largest absolute Gasteiger partial charge is 0.321 e. The van der Waals surface area contributed by atoms with Crippen molar-refractivity contribution in [3.8, 4) is 0 Å². The molecule has 8 heteroatoms. The molecule has 1 amide bonds. The van der Waals surface area contributed by atoms with Gasteiger partial charge in [-0.2, -0.15) is 0 Å². The number of hydrogen-bond donors (Lipinski definition) is 1. The number of nitrogens with one attached hydrogen (secondary N) is 1. The number of carbonyl (C=O) groups is 1. The maximum absolute atomic E-state index is 12.7. The summed E-state index contributed by atoms with van der Waals surface area (Å²) in [6.07, 6.45) is 1.82. The van der Waals surface area contributed by atoms with Gasteiger partial charge in [0.05, 0.1) is 20.5 Å². The Balaban J connectivity index is 1.77. The zero-order chi connectivity index (χ0) is 20.3. The molecule has 1 aromatic heterocycles. The van der Waals surface area contributed by atoms with Crippen LogP contribution in [0.2, 0.25) is 0 Å². The molecule has 3 aromatic rings. The number of aromatic nitrogens is 1. The van der Waals surface area contributed by atoms with E-state index in [0.717, 1.165) is 22.3 Å². The molecule has 3 rings (SSSR count). The second-order valence-electron chi connectivity index (χ2n) is 6.21. The number of carbonyl (C=O) groups excluding carboxylic acids is 1. The Hall–Kier alpha value is -2.03. The number of thiazole rings is 1. The molecule has 0 radical (unpaired) electrons. The Labute approximate surface area is 176 Å². The third-order valence-electron chi connectivity index (χ3n) is 4.06. The Bertz CT molecular complexity index is 1090. The van der Waals surface area contributed by atoms with Gasteiger partial charge in [0.25, 0.3) is 5.91 Å². The Morgan fingerprint density at radius 1 is 1.07 bits per heavy atom. The SMILES string of the molecule is CCCc1nc(C)c(C(=O)Nc2ccc(S(=O)(=O)c3ccc(Br)cc3)cc2)s1. The molecule has 0 atom stereocenters. The van der Waals surface area contributed by atoms with E-state index in [-0.39, 0.29) is 15.7 Å². The van der Waals surface area contributed by atoms with Crippen LogP contribution in [0, 0.1) is 6.92 Å². The summed E-state index contributed by atoms with van der Waals surface area (Å²) in [7, 11) is -3.60. The van der Waals surface area contributed by atoms with Crippen molar-refractivity contribution in [1.82, 2.24) is 4.98 Å². The molecule has 0 aliphatic rings. The van der Waals surface area contributed by atoms with Crippen molar-refractivity contribution in [3.63, 3.8) is 0 Å². The number of aryl methyl sites for hydroxylation is 2. The molecule has 5 nitrogen and oxygen atoms in total. The number of anilines is 1. The van der Waals surface area contributed by atoms with Crippen LogP contribution in [0.3, 0.4) is 0 Å². The summed E-state index contributed by atoms with van der Waals surface area (Å²) < 4.78 is 26.2. The minimum absolute atomic E-state index is 0.173. The molecule has 1 heterocycles. The van der Waals surface area contributed by atoms with Gasteiger partial charge in [0.2, 0.25) is 9.84 Å². The van der Waals surface area contributed by atoms with Crippen LogP contribution >= 0.6 is 27.3 Å². The zero-order valence-corrected chi connectivity index (χ0v) is 18.6. The molecule has 0 saturated carbocycles. The summed E-state index contributed by atoms with van der Waals surface area (Å²) in [4.78, 5) is 17.9. The molecule has 146 valence electrons. The summed E-state index contributed by atoms with van der Waals surface area (Å²) in [6, 6.07) is 12.6. The number of hydrogen-bond acceptors (Lipinski definition) is 5. The average molecular weight is 479 g/mol. The predicted octanol–water partition coefficient (Wildman–Crippen LogP) is 5.25. The van der Waals surface area contributed by atoms with Crippen molar-refractivity contribution in [1.29, 1.82) is 0 Å². The molecule has 0 aliphatic heterocycles. The fourth-order valence-corrected chi connectivity index (χ4v) is 5.23. The van der Waals surface area contributed by atoms with Crippen LogP contribution in [0.4, 0.5) is 5.69 Å². The molecular formula is C20H19BrN2O3S2. The van der Waals surface area contributed by atoms with Crippen molar-refractivity contribution < 1.29 is 13.2 Å². The van der Waals surface area contributed by atoms with Crippen molar-refractivity contribution in [2.45, 2.75) is 36.5 Å². The molecule has 0 fully saturated rings. The molecule has 0 unspecified atom stereocenters. The number of amides is 1. The first-order chi connectivity index (χ1) is 13.3. The third-order valence-corrected chi connectivity index (χ3v) is 7.59. The van der Waals surface area contributed by atoms with Gasteiger partial charge in [-0.3, -0.25) is 4.79 Å².